The number of aryl methyl sites for hydroxylation is 1. The fourth-order valence-corrected chi connectivity index (χ4v) is 2.84. The Morgan fingerprint density at radius 2 is 2.05 bits per heavy atom. The molecular weight excluding hydrogens is 246 g/mol. The molecule has 0 aliphatic rings. The van der Waals surface area contributed by atoms with Crippen molar-refractivity contribution in [1.82, 2.24) is 9.88 Å². The van der Waals surface area contributed by atoms with Crippen LogP contribution in [0.3, 0.4) is 0 Å². The van der Waals surface area contributed by atoms with Crippen molar-refractivity contribution in [2.45, 2.75) is 59.0 Å². The van der Waals surface area contributed by atoms with Crippen LogP contribution in [0.4, 0.5) is 0 Å². The molecule has 0 saturated heterocycles. The summed E-state index contributed by atoms with van der Waals surface area (Å²) in [6.07, 6.45) is 3.44. The summed E-state index contributed by atoms with van der Waals surface area (Å²) >= 11 is 0. The van der Waals surface area contributed by atoms with Gasteiger partial charge >= 0.3 is 0 Å². The van der Waals surface area contributed by atoms with Gasteiger partial charge < -0.3 is 5.73 Å². The molecule has 1 aromatic rings. The Kier molecular flexibility index (Phi) is 6.63. The molecular formula is C17H31N3. The standard InChI is InChI=1S/C17H31N3/c1-6-14(3)11-17(7-2,13-18)20(5)12-16-10-8-9-15(4)19-16/h8-10,14H,6-7,11-13,18H2,1-5H3. The number of likely N-dealkylation sites (N-methyl/N-ethyl adjacent to an activating group) is 1. The first-order valence-electron chi connectivity index (χ1n) is 7.81. The summed E-state index contributed by atoms with van der Waals surface area (Å²) in [6, 6.07) is 6.22. The van der Waals surface area contributed by atoms with Crippen LogP contribution in [-0.4, -0.2) is 29.0 Å². The molecule has 1 heterocycles. The average molecular weight is 277 g/mol. The number of hydrogen-bond acceptors (Lipinski definition) is 3. The van der Waals surface area contributed by atoms with E-state index in [0.29, 0.717) is 12.5 Å². The van der Waals surface area contributed by atoms with Crippen LogP contribution in [0.5, 0.6) is 0 Å². The highest BCUT2D eigenvalue weighted by molar-refractivity contribution is 5.10. The Labute approximate surface area is 124 Å². The van der Waals surface area contributed by atoms with Gasteiger partial charge in [0.1, 0.15) is 0 Å². The molecule has 1 aromatic heterocycles. The zero-order valence-corrected chi connectivity index (χ0v) is 13.8. The molecule has 0 aliphatic carbocycles. The third kappa shape index (κ3) is 4.29. The van der Waals surface area contributed by atoms with Gasteiger partial charge in [-0.05, 0) is 44.9 Å². The summed E-state index contributed by atoms with van der Waals surface area (Å²) in [4.78, 5) is 7.02. The second-order valence-corrected chi connectivity index (χ2v) is 6.13. The number of nitrogens with zero attached hydrogens (tertiary/aromatic N) is 2. The largest absolute Gasteiger partial charge is 0.329 e. The summed E-state index contributed by atoms with van der Waals surface area (Å²) in [7, 11) is 2.18. The maximum Gasteiger partial charge on any atom is 0.0547 e. The molecule has 0 spiro atoms. The summed E-state index contributed by atoms with van der Waals surface area (Å²) in [6.45, 7) is 10.4. The van der Waals surface area contributed by atoms with E-state index in [1.54, 1.807) is 0 Å². The number of rotatable bonds is 8. The average Bonchev–Trinajstić information content (AvgIpc) is 2.44. The van der Waals surface area contributed by atoms with E-state index >= 15 is 0 Å². The topological polar surface area (TPSA) is 42.1 Å². The first kappa shape index (κ1) is 17.1. The predicted octanol–water partition coefficient (Wildman–Crippen LogP) is 3.37. The van der Waals surface area contributed by atoms with Crippen molar-refractivity contribution < 1.29 is 0 Å². The van der Waals surface area contributed by atoms with Crippen LogP contribution in [0.15, 0.2) is 18.2 Å². The van der Waals surface area contributed by atoms with Gasteiger partial charge in [0, 0.05) is 24.3 Å². The maximum atomic E-state index is 6.14. The zero-order chi connectivity index (χ0) is 15.2. The van der Waals surface area contributed by atoms with Crippen LogP contribution in [0.25, 0.3) is 0 Å². The molecule has 2 N–H and O–H groups in total. The predicted molar refractivity (Wildman–Crippen MR) is 86.6 cm³/mol. The third-order valence-electron chi connectivity index (χ3n) is 4.62. The van der Waals surface area contributed by atoms with E-state index in [0.717, 1.165) is 30.8 Å². The Balaban J connectivity index is 2.85. The van der Waals surface area contributed by atoms with Gasteiger partial charge in [-0.25, -0.2) is 0 Å². The number of aromatic nitrogens is 1. The van der Waals surface area contributed by atoms with Gasteiger partial charge in [-0.3, -0.25) is 9.88 Å². The van der Waals surface area contributed by atoms with E-state index in [4.69, 9.17) is 5.73 Å². The highest BCUT2D eigenvalue weighted by Gasteiger charge is 2.32. The third-order valence-corrected chi connectivity index (χ3v) is 4.62. The van der Waals surface area contributed by atoms with Crippen molar-refractivity contribution in [2.24, 2.45) is 11.7 Å². The Bertz CT molecular complexity index is 399. The van der Waals surface area contributed by atoms with Crippen LogP contribution in [0, 0.1) is 12.8 Å². The molecule has 3 heteroatoms. The molecule has 0 saturated carbocycles. The first-order valence-corrected chi connectivity index (χ1v) is 7.81. The van der Waals surface area contributed by atoms with Crippen LogP contribution in [-0.2, 0) is 6.54 Å². The summed E-state index contributed by atoms with van der Waals surface area (Å²) in [5.41, 5.74) is 8.43. The van der Waals surface area contributed by atoms with Crippen molar-refractivity contribution in [1.29, 1.82) is 0 Å². The van der Waals surface area contributed by atoms with Gasteiger partial charge in [0.05, 0.1) is 5.69 Å². The monoisotopic (exact) mass is 277 g/mol. The van der Waals surface area contributed by atoms with Crippen molar-refractivity contribution in [3.63, 3.8) is 0 Å². The SMILES string of the molecule is CCC(C)CC(CC)(CN)N(C)Cc1cccc(C)n1. The van der Waals surface area contributed by atoms with Gasteiger partial charge in [-0.15, -0.1) is 0 Å². The van der Waals surface area contributed by atoms with Gasteiger partial charge in [-0.1, -0.05) is 33.3 Å². The summed E-state index contributed by atoms with van der Waals surface area (Å²) in [5.74, 6) is 0.700. The second kappa shape index (κ2) is 7.75. The van der Waals surface area contributed by atoms with Crippen molar-refractivity contribution >= 4 is 0 Å². The minimum absolute atomic E-state index is 0.0842. The molecule has 114 valence electrons. The molecule has 20 heavy (non-hydrogen) atoms. The van der Waals surface area contributed by atoms with E-state index in [-0.39, 0.29) is 5.54 Å². The molecule has 2 atom stereocenters. The lowest BCUT2D eigenvalue weighted by Crippen LogP contribution is -2.52. The molecule has 2 unspecified atom stereocenters. The molecule has 3 nitrogen and oxygen atoms in total. The van der Waals surface area contributed by atoms with Crippen molar-refractivity contribution in [3.05, 3.63) is 29.6 Å². The normalized spacial score (nSPS) is 16.1. The maximum absolute atomic E-state index is 6.14. The van der Waals surface area contributed by atoms with Gasteiger partial charge in [0.15, 0.2) is 0 Å². The highest BCUT2D eigenvalue weighted by atomic mass is 15.2. The zero-order valence-electron chi connectivity index (χ0n) is 13.8. The number of nitrogens with two attached hydrogens (primary N) is 1. The lowest BCUT2D eigenvalue weighted by atomic mass is 9.83. The first-order chi connectivity index (χ1) is 9.47. The molecule has 0 fully saturated rings. The lowest BCUT2D eigenvalue weighted by molar-refractivity contribution is 0.0843. The quantitative estimate of drug-likeness (QED) is 0.792. The van der Waals surface area contributed by atoms with Crippen LogP contribution >= 0.6 is 0 Å². The van der Waals surface area contributed by atoms with Crippen LogP contribution < -0.4 is 5.73 Å². The fraction of sp³-hybridized carbons (Fsp3) is 0.706. The Morgan fingerprint density at radius 3 is 2.55 bits per heavy atom. The van der Waals surface area contributed by atoms with Crippen molar-refractivity contribution in [3.8, 4) is 0 Å². The molecule has 0 aromatic carbocycles. The number of hydrogen-bond donors (Lipinski definition) is 1. The van der Waals surface area contributed by atoms with Crippen LogP contribution in [0.2, 0.25) is 0 Å². The molecule has 0 bridgehead atoms. The van der Waals surface area contributed by atoms with E-state index in [2.05, 4.69) is 49.8 Å². The van der Waals surface area contributed by atoms with E-state index in [1.807, 2.05) is 13.0 Å². The van der Waals surface area contributed by atoms with E-state index in [1.165, 1.54) is 6.42 Å². The van der Waals surface area contributed by atoms with E-state index < -0.39 is 0 Å². The molecule has 0 aliphatic heterocycles. The Hall–Kier alpha value is -0.930. The molecule has 0 radical (unpaired) electrons. The number of pyridine rings is 1. The smallest absolute Gasteiger partial charge is 0.0547 e. The van der Waals surface area contributed by atoms with E-state index in [9.17, 15) is 0 Å². The molecule has 0 amide bonds. The molecule has 1 rings (SSSR count). The van der Waals surface area contributed by atoms with Crippen molar-refractivity contribution in [2.75, 3.05) is 13.6 Å². The van der Waals surface area contributed by atoms with Crippen LogP contribution in [0.1, 0.15) is 51.4 Å². The lowest BCUT2D eigenvalue weighted by Gasteiger charge is -2.42. The van der Waals surface area contributed by atoms with Gasteiger partial charge in [-0.2, -0.15) is 0 Å². The minimum atomic E-state index is 0.0842. The Morgan fingerprint density at radius 1 is 1.35 bits per heavy atom. The minimum Gasteiger partial charge on any atom is -0.329 e. The van der Waals surface area contributed by atoms with Gasteiger partial charge in [0.2, 0.25) is 0 Å². The van der Waals surface area contributed by atoms with Gasteiger partial charge in [0.25, 0.3) is 0 Å². The highest BCUT2D eigenvalue weighted by Crippen LogP contribution is 2.28. The second-order valence-electron chi connectivity index (χ2n) is 6.13. The summed E-state index contributed by atoms with van der Waals surface area (Å²) < 4.78 is 0. The summed E-state index contributed by atoms with van der Waals surface area (Å²) in [5, 5.41) is 0. The fourth-order valence-electron chi connectivity index (χ4n) is 2.84.